The molecule has 142 valence electrons. The number of nitrogens with zero attached hydrogens (tertiary/aromatic N) is 2. The van der Waals surface area contributed by atoms with E-state index in [1.54, 1.807) is 18.2 Å². The fourth-order valence-corrected chi connectivity index (χ4v) is 4.23. The third kappa shape index (κ3) is 3.56. The average molecular weight is 407 g/mol. The van der Waals surface area contributed by atoms with Crippen LogP contribution in [0.15, 0.2) is 29.2 Å². The lowest BCUT2D eigenvalue weighted by atomic mass is 10.2. The van der Waals surface area contributed by atoms with Crippen LogP contribution < -0.4 is 0 Å². The Hall–Kier alpha value is -2.05. The first-order valence-corrected chi connectivity index (χ1v) is 9.85. The summed E-state index contributed by atoms with van der Waals surface area (Å²) in [5.74, 6) is -0.726. The van der Waals surface area contributed by atoms with Gasteiger partial charge in [-0.2, -0.15) is 0 Å². The molecule has 1 aromatic carbocycles. The first-order valence-electron chi connectivity index (χ1n) is 8.66. The molecule has 0 N–H and O–H groups in total. The zero-order valence-electron chi connectivity index (χ0n) is 15.5. The number of aromatic nitrogens is 1. The highest BCUT2D eigenvalue weighted by Crippen LogP contribution is 2.35. The van der Waals surface area contributed by atoms with Gasteiger partial charge >= 0.3 is 0 Å². The lowest BCUT2D eigenvalue weighted by Crippen LogP contribution is -2.36. The third-order valence-corrected chi connectivity index (χ3v) is 5.95. The van der Waals surface area contributed by atoms with Gasteiger partial charge in [-0.1, -0.05) is 18.5 Å². The number of benzene rings is 1. The first-order chi connectivity index (χ1) is 12.7. The van der Waals surface area contributed by atoms with Gasteiger partial charge < -0.3 is 4.57 Å². The maximum atomic E-state index is 13.5. The summed E-state index contributed by atoms with van der Waals surface area (Å²) in [4.78, 5) is 26.6. The highest BCUT2D eigenvalue weighted by atomic mass is 35.5. The number of amides is 2. The molecule has 7 heteroatoms. The molecule has 0 radical (unpaired) electrons. The van der Waals surface area contributed by atoms with E-state index in [0.29, 0.717) is 11.3 Å². The van der Waals surface area contributed by atoms with Crippen molar-refractivity contribution < 1.29 is 14.0 Å². The number of carbonyl (C=O) groups is 2. The average Bonchev–Trinajstić information content (AvgIpc) is 3.05. The van der Waals surface area contributed by atoms with Gasteiger partial charge in [-0.15, -0.1) is 0 Å². The second-order valence-electron chi connectivity index (χ2n) is 6.57. The van der Waals surface area contributed by atoms with Gasteiger partial charge in [-0.25, -0.2) is 4.39 Å². The fraction of sp³-hybridized carbons (Fsp3) is 0.300. The summed E-state index contributed by atoms with van der Waals surface area (Å²) < 4.78 is 15.4. The molecule has 0 aliphatic carbocycles. The molecule has 1 aromatic heterocycles. The first kappa shape index (κ1) is 19.7. The van der Waals surface area contributed by atoms with Crippen molar-refractivity contribution in [3.63, 3.8) is 0 Å². The van der Waals surface area contributed by atoms with E-state index in [4.69, 9.17) is 11.6 Å². The molecule has 27 heavy (non-hydrogen) atoms. The molecule has 0 saturated carbocycles. The molecule has 1 atom stereocenters. The molecule has 4 nitrogen and oxygen atoms in total. The fourth-order valence-electron chi connectivity index (χ4n) is 3.14. The van der Waals surface area contributed by atoms with Crippen LogP contribution in [0.5, 0.6) is 0 Å². The van der Waals surface area contributed by atoms with Crippen LogP contribution in [0.3, 0.4) is 0 Å². The van der Waals surface area contributed by atoms with Gasteiger partial charge in [-0.05, 0) is 74.9 Å². The Kier molecular flexibility index (Phi) is 5.49. The second-order valence-corrected chi connectivity index (χ2v) is 7.97. The van der Waals surface area contributed by atoms with Crippen LogP contribution in [0.25, 0.3) is 11.8 Å². The van der Waals surface area contributed by atoms with Crippen molar-refractivity contribution in [1.29, 1.82) is 0 Å². The van der Waals surface area contributed by atoms with Gasteiger partial charge in [0.15, 0.2) is 0 Å². The SMILES string of the molecule is CC[C@H](C)N1C(=O)S/C(=C/c2cc(C)n(-c3ccc(F)c(Cl)c3)c2C)C1=O. The van der Waals surface area contributed by atoms with Crippen molar-refractivity contribution >= 4 is 40.6 Å². The van der Waals surface area contributed by atoms with E-state index in [2.05, 4.69) is 0 Å². The Morgan fingerprint density at radius 1 is 1.26 bits per heavy atom. The Labute approximate surface area is 167 Å². The minimum atomic E-state index is -0.471. The Morgan fingerprint density at radius 3 is 2.59 bits per heavy atom. The van der Waals surface area contributed by atoms with Gasteiger partial charge in [-0.3, -0.25) is 14.5 Å². The molecule has 1 aliphatic heterocycles. The summed E-state index contributed by atoms with van der Waals surface area (Å²) in [7, 11) is 0. The summed E-state index contributed by atoms with van der Waals surface area (Å²) in [6.45, 7) is 7.64. The van der Waals surface area contributed by atoms with Crippen LogP contribution in [-0.2, 0) is 4.79 Å². The maximum Gasteiger partial charge on any atom is 0.293 e. The van der Waals surface area contributed by atoms with Crippen molar-refractivity contribution in [2.45, 2.75) is 40.2 Å². The maximum absolute atomic E-state index is 13.5. The van der Waals surface area contributed by atoms with Gasteiger partial charge in [0.25, 0.3) is 11.1 Å². The number of carbonyl (C=O) groups excluding carboxylic acids is 2. The van der Waals surface area contributed by atoms with Crippen LogP contribution in [-0.4, -0.2) is 26.7 Å². The van der Waals surface area contributed by atoms with Crippen molar-refractivity contribution in [2.24, 2.45) is 0 Å². The lowest BCUT2D eigenvalue weighted by molar-refractivity contribution is -0.124. The predicted molar refractivity (Wildman–Crippen MR) is 108 cm³/mol. The number of thioether (sulfide) groups is 1. The van der Waals surface area contributed by atoms with E-state index in [-0.39, 0.29) is 22.2 Å². The smallest absolute Gasteiger partial charge is 0.293 e. The minimum absolute atomic E-state index is 0.0521. The van der Waals surface area contributed by atoms with Gasteiger partial charge in [0.2, 0.25) is 0 Å². The molecular weight excluding hydrogens is 387 g/mol. The van der Waals surface area contributed by atoms with E-state index in [1.165, 1.54) is 11.0 Å². The lowest BCUT2D eigenvalue weighted by Gasteiger charge is -2.19. The summed E-state index contributed by atoms with van der Waals surface area (Å²) in [5.41, 5.74) is 3.37. The quantitative estimate of drug-likeness (QED) is 0.609. The van der Waals surface area contributed by atoms with Crippen molar-refractivity contribution in [1.82, 2.24) is 9.47 Å². The molecule has 0 unspecified atom stereocenters. The van der Waals surface area contributed by atoms with Gasteiger partial charge in [0, 0.05) is 23.1 Å². The monoisotopic (exact) mass is 406 g/mol. The summed E-state index contributed by atoms with van der Waals surface area (Å²) in [6.07, 6.45) is 2.46. The van der Waals surface area contributed by atoms with Crippen LogP contribution in [0.4, 0.5) is 9.18 Å². The highest BCUT2D eigenvalue weighted by molar-refractivity contribution is 8.18. The van der Waals surface area contributed by atoms with Crippen LogP contribution in [0.2, 0.25) is 5.02 Å². The predicted octanol–water partition coefficient (Wildman–Crippen LogP) is 5.72. The number of imide groups is 1. The third-order valence-electron chi connectivity index (χ3n) is 4.77. The zero-order valence-corrected chi connectivity index (χ0v) is 17.1. The second kappa shape index (κ2) is 7.52. The standard InChI is InChI=1S/C20H20ClFN2O2S/c1-5-11(2)24-19(25)18(27-20(24)26)9-14-8-12(3)23(13(14)4)15-6-7-17(22)16(21)10-15/h6-11H,5H2,1-4H3/b18-9+/t11-/m0/s1. The minimum Gasteiger partial charge on any atom is -0.318 e. The largest absolute Gasteiger partial charge is 0.318 e. The molecular formula is C20H20ClFN2O2S. The topological polar surface area (TPSA) is 42.3 Å². The van der Waals surface area contributed by atoms with E-state index >= 15 is 0 Å². The van der Waals surface area contributed by atoms with Crippen molar-refractivity contribution in [3.8, 4) is 5.69 Å². The van der Waals surface area contributed by atoms with Gasteiger partial charge in [0.05, 0.1) is 9.93 Å². The normalized spacial score (nSPS) is 17.3. The van der Waals surface area contributed by atoms with Crippen molar-refractivity contribution in [3.05, 3.63) is 57.0 Å². The zero-order chi connectivity index (χ0) is 19.9. The number of halogens is 2. The van der Waals surface area contributed by atoms with Crippen molar-refractivity contribution in [2.75, 3.05) is 0 Å². The summed E-state index contributed by atoms with van der Waals surface area (Å²) in [5, 5.41) is -0.184. The van der Waals surface area contributed by atoms with Crippen LogP contribution >= 0.6 is 23.4 Å². The van der Waals surface area contributed by atoms with E-state index in [1.807, 2.05) is 38.3 Å². The summed E-state index contributed by atoms with van der Waals surface area (Å²) >= 11 is 6.88. The molecule has 2 heterocycles. The number of rotatable bonds is 4. The van der Waals surface area contributed by atoms with E-state index in [9.17, 15) is 14.0 Å². The van der Waals surface area contributed by atoms with Crippen LogP contribution in [0, 0.1) is 19.7 Å². The Balaban J connectivity index is 2.00. The number of aryl methyl sites for hydroxylation is 1. The number of hydrogen-bond donors (Lipinski definition) is 0. The van der Waals surface area contributed by atoms with E-state index in [0.717, 1.165) is 34.4 Å². The molecule has 2 aromatic rings. The number of hydrogen-bond acceptors (Lipinski definition) is 3. The highest BCUT2D eigenvalue weighted by Gasteiger charge is 2.37. The Morgan fingerprint density at radius 2 is 1.96 bits per heavy atom. The van der Waals surface area contributed by atoms with E-state index < -0.39 is 5.82 Å². The molecule has 1 saturated heterocycles. The van der Waals surface area contributed by atoms with Crippen LogP contribution in [0.1, 0.15) is 37.2 Å². The van der Waals surface area contributed by atoms with Gasteiger partial charge in [0.1, 0.15) is 5.82 Å². The molecule has 2 amide bonds. The summed E-state index contributed by atoms with van der Waals surface area (Å²) in [6, 6.07) is 6.36. The molecule has 0 spiro atoms. The molecule has 1 aliphatic rings. The Bertz CT molecular complexity index is 967. The molecule has 1 fully saturated rings. The molecule has 0 bridgehead atoms. The molecule has 3 rings (SSSR count).